The lowest BCUT2D eigenvalue weighted by atomic mass is 10.1. The number of methoxy groups -OCH3 is 1. The average Bonchev–Trinajstić information content (AvgIpc) is 2.66. The van der Waals surface area contributed by atoms with E-state index in [9.17, 15) is 14.4 Å². The van der Waals surface area contributed by atoms with Gasteiger partial charge in [-0.1, -0.05) is 17.7 Å². The molecule has 0 spiro atoms. The quantitative estimate of drug-likeness (QED) is 0.565. The van der Waals surface area contributed by atoms with Crippen LogP contribution >= 0.6 is 11.8 Å². The smallest absolute Gasteiger partial charge is 0.269 e. The van der Waals surface area contributed by atoms with E-state index in [1.54, 1.807) is 37.4 Å². The highest BCUT2D eigenvalue weighted by atomic mass is 32.2. The van der Waals surface area contributed by atoms with E-state index in [4.69, 9.17) is 4.74 Å². The summed E-state index contributed by atoms with van der Waals surface area (Å²) in [5, 5.41) is 0. The van der Waals surface area contributed by atoms with E-state index in [0.29, 0.717) is 22.6 Å². The molecule has 0 aliphatic rings. The minimum absolute atomic E-state index is 0.0273. The molecule has 2 N–H and O–H groups in total. The number of carbonyl (C=O) groups is 3. The molecule has 0 aliphatic heterocycles. The number of benzene rings is 2. The Hall–Kier alpha value is -2.80. The van der Waals surface area contributed by atoms with Gasteiger partial charge in [-0.25, -0.2) is 0 Å². The van der Waals surface area contributed by atoms with Crippen molar-refractivity contribution in [2.75, 3.05) is 12.9 Å². The summed E-state index contributed by atoms with van der Waals surface area (Å²) in [5.74, 6) is 0.609. The first-order valence-electron chi connectivity index (χ1n) is 8.32. The van der Waals surface area contributed by atoms with Gasteiger partial charge >= 0.3 is 0 Å². The van der Waals surface area contributed by atoms with Crippen molar-refractivity contribution in [1.29, 1.82) is 0 Å². The van der Waals surface area contributed by atoms with Crippen molar-refractivity contribution in [2.24, 2.45) is 0 Å². The Bertz CT molecular complexity index is 834. The third-order valence-corrected chi connectivity index (χ3v) is 4.79. The molecule has 0 aromatic heterocycles. The SMILES string of the molecule is COc1ccc(C(C)=O)cc1CSCC(=O)NNC(=O)c1ccc(C)cc1. The minimum Gasteiger partial charge on any atom is -0.496 e. The molecular formula is C20H22N2O4S. The van der Waals surface area contributed by atoms with Crippen LogP contribution in [0.15, 0.2) is 42.5 Å². The summed E-state index contributed by atoms with van der Waals surface area (Å²) >= 11 is 1.36. The van der Waals surface area contributed by atoms with E-state index in [2.05, 4.69) is 10.9 Å². The Balaban J connectivity index is 1.82. The zero-order valence-corrected chi connectivity index (χ0v) is 16.3. The first kappa shape index (κ1) is 20.5. The van der Waals surface area contributed by atoms with Gasteiger partial charge in [-0.2, -0.15) is 0 Å². The van der Waals surface area contributed by atoms with Crippen molar-refractivity contribution >= 4 is 29.4 Å². The second-order valence-corrected chi connectivity index (χ2v) is 6.93. The van der Waals surface area contributed by atoms with Crippen molar-refractivity contribution in [2.45, 2.75) is 19.6 Å². The number of carbonyl (C=O) groups excluding carboxylic acids is 3. The van der Waals surface area contributed by atoms with Crippen molar-refractivity contribution in [3.63, 3.8) is 0 Å². The minimum atomic E-state index is -0.371. The van der Waals surface area contributed by atoms with E-state index in [0.717, 1.165) is 11.1 Å². The Morgan fingerprint density at radius 2 is 1.67 bits per heavy atom. The maximum atomic E-state index is 12.0. The molecule has 0 unspecified atom stereocenters. The lowest BCUT2D eigenvalue weighted by Gasteiger charge is -2.10. The third-order valence-electron chi connectivity index (χ3n) is 3.81. The largest absolute Gasteiger partial charge is 0.496 e. The van der Waals surface area contributed by atoms with Gasteiger partial charge in [0.15, 0.2) is 5.78 Å². The summed E-state index contributed by atoms with van der Waals surface area (Å²) in [6.45, 7) is 3.44. The molecule has 7 heteroatoms. The highest BCUT2D eigenvalue weighted by Gasteiger charge is 2.10. The summed E-state index contributed by atoms with van der Waals surface area (Å²) in [7, 11) is 1.56. The number of rotatable bonds is 7. The summed E-state index contributed by atoms with van der Waals surface area (Å²) in [6.07, 6.45) is 0. The van der Waals surface area contributed by atoms with Crippen LogP contribution in [0.4, 0.5) is 0 Å². The van der Waals surface area contributed by atoms with Crippen molar-refractivity contribution < 1.29 is 19.1 Å². The number of ether oxygens (including phenoxy) is 1. The molecule has 2 rings (SSSR count). The molecule has 2 aromatic carbocycles. The van der Waals surface area contributed by atoms with Gasteiger partial charge in [-0.05, 0) is 44.2 Å². The molecule has 0 saturated carbocycles. The van der Waals surface area contributed by atoms with Crippen molar-refractivity contribution in [3.05, 3.63) is 64.7 Å². The zero-order chi connectivity index (χ0) is 19.8. The van der Waals surface area contributed by atoms with E-state index in [1.165, 1.54) is 18.7 Å². The van der Waals surface area contributed by atoms with Crippen LogP contribution < -0.4 is 15.6 Å². The second-order valence-electron chi connectivity index (χ2n) is 5.94. The molecule has 2 aromatic rings. The Labute approximate surface area is 162 Å². The molecule has 2 amide bonds. The van der Waals surface area contributed by atoms with Gasteiger partial charge in [0.1, 0.15) is 5.75 Å². The molecule has 0 heterocycles. The normalized spacial score (nSPS) is 10.2. The monoisotopic (exact) mass is 386 g/mol. The number of amides is 2. The molecule has 0 atom stereocenters. The van der Waals surface area contributed by atoms with E-state index in [1.807, 2.05) is 19.1 Å². The van der Waals surface area contributed by atoms with Crippen LogP contribution in [-0.2, 0) is 10.5 Å². The molecule has 142 valence electrons. The number of hydrazine groups is 1. The van der Waals surface area contributed by atoms with Crippen molar-refractivity contribution in [1.82, 2.24) is 10.9 Å². The van der Waals surface area contributed by atoms with Crippen LogP contribution in [0.1, 0.15) is 38.8 Å². The van der Waals surface area contributed by atoms with E-state index in [-0.39, 0.29) is 23.4 Å². The average molecular weight is 386 g/mol. The summed E-state index contributed by atoms with van der Waals surface area (Å²) in [6, 6.07) is 12.3. The van der Waals surface area contributed by atoms with Crippen molar-refractivity contribution in [3.8, 4) is 5.75 Å². The highest BCUT2D eigenvalue weighted by Crippen LogP contribution is 2.24. The standard InChI is InChI=1S/C20H22N2O4S/c1-13-4-6-15(7-5-13)20(25)22-21-19(24)12-27-11-17-10-16(14(2)23)8-9-18(17)26-3/h4-10H,11-12H2,1-3H3,(H,21,24)(H,22,25). The number of nitrogens with one attached hydrogen (secondary N) is 2. The highest BCUT2D eigenvalue weighted by molar-refractivity contribution is 7.99. The van der Waals surface area contributed by atoms with Gasteiger partial charge in [0.25, 0.3) is 5.91 Å². The number of hydrogen-bond donors (Lipinski definition) is 2. The Morgan fingerprint density at radius 3 is 2.30 bits per heavy atom. The fraction of sp³-hybridized carbons (Fsp3) is 0.250. The predicted octanol–water partition coefficient (Wildman–Crippen LogP) is 2.90. The molecule has 0 bridgehead atoms. The molecule has 27 heavy (non-hydrogen) atoms. The van der Waals surface area contributed by atoms with Crippen LogP contribution in [0.25, 0.3) is 0 Å². The Kier molecular flexibility index (Phi) is 7.43. The summed E-state index contributed by atoms with van der Waals surface area (Å²) in [4.78, 5) is 35.4. The van der Waals surface area contributed by atoms with Crippen LogP contribution in [0.5, 0.6) is 5.75 Å². The Morgan fingerprint density at radius 1 is 1.00 bits per heavy atom. The van der Waals surface area contributed by atoms with Gasteiger partial charge in [0.05, 0.1) is 12.9 Å². The lowest BCUT2D eigenvalue weighted by Crippen LogP contribution is -2.42. The fourth-order valence-corrected chi connectivity index (χ4v) is 3.11. The number of hydrogen-bond acceptors (Lipinski definition) is 5. The summed E-state index contributed by atoms with van der Waals surface area (Å²) in [5.41, 5.74) is 7.75. The number of Topliss-reactive ketones (excluding diaryl/α,β-unsaturated/α-hetero) is 1. The number of thioether (sulfide) groups is 1. The topological polar surface area (TPSA) is 84.5 Å². The third kappa shape index (κ3) is 6.14. The van der Waals surface area contributed by atoms with Crippen LogP contribution in [0.3, 0.4) is 0 Å². The van der Waals surface area contributed by atoms with Gasteiger partial charge < -0.3 is 4.74 Å². The maximum absolute atomic E-state index is 12.0. The van der Waals surface area contributed by atoms with E-state index >= 15 is 0 Å². The lowest BCUT2D eigenvalue weighted by molar-refractivity contribution is -0.119. The molecule has 6 nitrogen and oxygen atoms in total. The van der Waals surface area contributed by atoms with Gasteiger partial charge in [-0.3, -0.25) is 25.2 Å². The fourth-order valence-electron chi connectivity index (χ4n) is 2.30. The molecule has 0 radical (unpaired) electrons. The van der Waals surface area contributed by atoms with Crippen LogP contribution in [0.2, 0.25) is 0 Å². The van der Waals surface area contributed by atoms with E-state index < -0.39 is 0 Å². The summed E-state index contributed by atoms with van der Waals surface area (Å²) < 4.78 is 5.29. The maximum Gasteiger partial charge on any atom is 0.269 e. The van der Waals surface area contributed by atoms with Gasteiger partial charge in [0, 0.05) is 22.4 Å². The van der Waals surface area contributed by atoms with Gasteiger partial charge in [-0.15, -0.1) is 11.8 Å². The first-order chi connectivity index (χ1) is 12.9. The molecule has 0 saturated heterocycles. The predicted molar refractivity (Wildman–Crippen MR) is 106 cm³/mol. The number of ketones is 1. The van der Waals surface area contributed by atoms with Crippen LogP contribution in [-0.4, -0.2) is 30.5 Å². The molecule has 0 fully saturated rings. The second kappa shape index (κ2) is 9.78. The number of aryl methyl sites for hydroxylation is 1. The molecular weight excluding hydrogens is 364 g/mol. The molecule has 0 aliphatic carbocycles. The first-order valence-corrected chi connectivity index (χ1v) is 9.47. The van der Waals surface area contributed by atoms with Gasteiger partial charge in [0.2, 0.25) is 5.91 Å². The zero-order valence-electron chi connectivity index (χ0n) is 15.5. The van der Waals surface area contributed by atoms with Crippen LogP contribution in [0, 0.1) is 6.92 Å².